The van der Waals surface area contributed by atoms with Gasteiger partial charge in [-0.1, -0.05) is 24.9 Å². The van der Waals surface area contributed by atoms with Crippen LogP contribution in [-0.4, -0.2) is 19.1 Å². The summed E-state index contributed by atoms with van der Waals surface area (Å²) in [6.45, 7) is 2.67. The number of carbonyl (C=O) groups is 1. The Kier molecular flexibility index (Phi) is 6.37. The van der Waals surface area contributed by atoms with Crippen LogP contribution in [0.1, 0.15) is 19.8 Å². The van der Waals surface area contributed by atoms with E-state index in [1.807, 2.05) is 6.07 Å². The van der Waals surface area contributed by atoms with Gasteiger partial charge in [0.05, 0.1) is 12.3 Å². The van der Waals surface area contributed by atoms with Crippen LogP contribution in [0.4, 0.5) is 5.69 Å². The van der Waals surface area contributed by atoms with Gasteiger partial charge in [-0.15, -0.1) is 0 Å². The fourth-order valence-corrected chi connectivity index (χ4v) is 1.74. The molecule has 1 rings (SSSR count). The molecule has 0 fully saturated rings. The minimum absolute atomic E-state index is 0.142. The lowest BCUT2D eigenvalue weighted by Crippen LogP contribution is -2.17. The number of nitrogens with one attached hydrogen (secondary N) is 1. The minimum Gasteiger partial charge on any atom is -0.464 e. The number of hydrogen-bond donors (Lipinski definition) is 1. The Morgan fingerprint density at radius 2 is 2.29 bits per heavy atom. The highest BCUT2D eigenvalue weighted by Crippen LogP contribution is 2.25. The van der Waals surface area contributed by atoms with Crippen LogP contribution in [0, 0.1) is 0 Å². The van der Waals surface area contributed by atoms with Gasteiger partial charge in [-0.05, 0) is 40.5 Å². The first-order chi connectivity index (χ1) is 8.13. The maximum atomic E-state index is 11.4. The van der Waals surface area contributed by atoms with Crippen molar-refractivity contribution in [2.75, 3.05) is 18.5 Å². The molecule has 0 saturated carbocycles. The van der Waals surface area contributed by atoms with Gasteiger partial charge in [0.15, 0.2) is 0 Å². The van der Waals surface area contributed by atoms with Crippen LogP contribution in [0.5, 0.6) is 0 Å². The number of rotatable bonds is 6. The van der Waals surface area contributed by atoms with Gasteiger partial charge in [0, 0.05) is 9.50 Å². The number of benzene rings is 1. The lowest BCUT2D eigenvalue weighted by Gasteiger charge is -2.09. The van der Waals surface area contributed by atoms with E-state index in [2.05, 4.69) is 28.2 Å². The van der Waals surface area contributed by atoms with E-state index in [4.69, 9.17) is 16.3 Å². The largest absolute Gasteiger partial charge is 0.464 e. The lowest BCUT2D eigenvalue weighted by molar-refractivity contribution is -0.141. The average Bonchev–Trinajstić information content (AvgIpc) is 2.31. The van der Waals surface area contributed by atoms with Gasteiger partial charge in [0.25, 0.3) is 0 Å². The first kappa shape index (κ1) is 14.3. The standard InChI is InChI=1S/C12H15BrClNO2/c1-2-3-6-17-12(16)8-15-11-7-9(14)4-5-10(11)13/h4-5,7,15H,2-3,6,8H2,1H3. The zero-order chi connectivity index (χ0) is 12.7. The predicted octanol–water partition coefficient (Wildman–Crippen LogP) is 3.86. The molecule has 0 bridgehead atoms. The van der Waals surface area contributed by atoms with Crippen molar-refractivity contribution < 1.29 is 9.53 Å². The summed E-state index contributed by atoms with van der Waals surface area (Å²) in [5.74, 6) is -0.259. The van der Waals surface area contributed by atoms with Crippen molar-refractivity contribution >= 4 is 39.2 Å². The second kappa shape index (κ2) is 7.56. The number of esters is 1. The fourth-order valence-electron chi connectivity index (χ4n) is 1.18. The van der Waals surface area contributed by atoms with E-state index in [1.54, 1.807) is 12.1 Å². The van der Waals surface area contributed by atoms with Crippen LogP contribution in [-0.2, 0) is 9.53 Å². The number of ether oxygens (including phenoxy) is 1. The second-order valence-corrected chi connectivity index (χ2v) is 4.84. The zero-order valence-corrected chi connectivity index (χ0v) is 12.0. The van der Waals surface area contributed by atoms with E-state index >= 15 is 0 Å². The van der Waals surface area contributed by atoms with Crippen molar-refractivity contribution in [3.63, 3.8) is 0 Å². The van der Waals surface area contributed by atoms with Crippen molar-refractivity contribution in [3.8, 4) is 0 Å². The molecule has 5 heteroatoms. The number of unbranched alkanes of at least 4 members (excludes halogenated alkanes) is 1. The highest BCUT2D eigenvalue weighted by Gasteiger charge is 2.05. The van der Waals surface area contributed by atoms with E-state index in [0.29, 0.717) is 11.6 Å². The molecule has 0 aliphatic carbocycles. The van der Waals surface area contributed by atoms with Crippen molar-refractivity contribution in [1.82, 2.24) is 0 Å². The normalized spacial score (nSPS) is 10.1. The Hall–Kier alpha value is -0.740. The number of anilines is 1. The number of hydrogen-bond acceptors (Lipinski definition) is 3. The maximum Gasteiger partial charge on any atom is 0.325 e. The molecule has 1 N–H and O–H groups in total. The number of carbonyl (C=O) groups excluding carboxylic acids is 1. The van der Waals surface area contributed by atoms with Crippen LogP contribution >= 0.6 is 27.5 Å². The minimum atomic E-state index is -0.259. The maximum absolute atomic E-state index is 11.4. The molecule has 0 aromatic heterocycles. The van der Waals surface area contributed by atoms with E-state index in [-0.39, 0.29) is 12.5 Å². The third-order valence-corrected chi connectivity index (χ3v) is 3.04. The van der Waals surface area contributed by atoms with E-state index in [9.17, 15) is 4.79 Å². The topological polar surface area (TPSA) is 38.3 Å². The molecule has 0 atom stereocenters. The van der Waals surface area contributed by atoms with Gasteiger partial charge < -0.3 is 10.1 Å². The quantitative estimate of drug-likeness (QED) is 0.639. The zero-order valence-electron chi connectivity index (χ0n) is 9.63. The molecule has 0 saturated heterocycles. The Bertz CT molecular complexity index is 385. The van der Waals surface area contributed by atoms with Crippen LogP contribution in [0.25, 0.3) is 0 Å². The first-order valence-corrected chi connectivity index (χ1v) is 6.65. The summed E-state index contributed by atoms with van der Waals surface area (Å²) >= 11 is 9.23. The molecule has 94 valence electrons. The van der Waals surface area contributed by atoms with E-state index in [1.165, 1.54) is 0 Å². The Labute approximate surface area is 115 Å². The van der Waals surface area contributed by atoms with E-state index < -0.39 is 0 Å². The van der Waals surface area contributed by atoms with Gasteiger partial charge in [0.2, 0.25) is 0 Å². The van der Waals surface area contributed by atoms with E-state index in [0.717, 1.165) is 23.0 Å². The fraction of sp³-hybridized carbons (Fsp3) is 0.417. The highest BCUT2D eigenvalue weighted by molar-refractivity contribution is 9.10. The SMILES string of the molecule is CCCCOC(=O)CNc1cc(Cl)ccc1Br. The Morgan fingerprint density at radius 3 is 3.00 bits per heavy atom. The van der Waals surface area contributed by atoms with Gasteiger partial charge in [-0.3, -0.25) is 4.79 Å². The molecule has 0 spiro atoms. The van der Waals surface area contributed by atoms with Crippen LogP contribution < -0.4 is 5.32 Å². The summed E-state index contributed by atoms with van der Waals surface area (Å²) in [5, 5.41) is 3.60. The second-order valence-electron chi connectivity index (χ2n) is 3.55. The molecule has 0 radical (unpaired) electrons. The molecule has 1 aromatic carbocycles. The number of halogens is 2. The molecule has 17 heavy (non-hydrogen) atoms. The van der Waals surface area contributed by atoms with Crippen molar-refractivity contribution in [1.29, 1.82) is 0 Å². The average molecular weight is 321 g/mol. The summed E-state index contributed by atoms with van der Waals surface area (Å²) in [7, 11) is 0. The van der Waals surface area contributed by atoms with Crippen LogP contribution in [0.2, 0.25) is 5.02 Å². The van der Waals surface area contributed by atoms with Gasteiger partial charge in [-0.2, -0.15) is 0 Å². The summed E-state index contributed by atoms with van der Waals surface area (Å²) in [6, 6.07) is 5.36. The summed E-state index contributed by atoms with van der Waals surface area (Å²) in [4.78, 5) is 11.4. The van der Waals surface area contributed by atoms with Crippen LogP contribution in [0.3, 0.4) is 0 Å². The van der Waals surface area contributed by atoms with Gasteiger partial charge in [0.1, 0.15) is 6.54 Å². The third kappa shape index (κ3) is 5.41. The summed E-state index contributed by atoms with van der Waals surface area (Å²) in [5.41, 5.74) is 0.782. The molecule has 0 unspecified atom stereocenters. The molecule has 0 aliphatic heterocycles. The van der Waals surface area contributed by atoms with Gasteiger partial charge >= 0.3 is 5.97 Å². The van der Waals surface area contributed by atoms with Crippen molar-refractivity contribution in [2.45, 2.75) is 19.8 Å². The van der Waals surface area contributed by atoms with Crippen LogP contribution in [0.15, 0.2) is 22.7 Å². The molecule has 0 heterocycles. The molecule has 0 aliphatic rings. The summed E-state index contributed by atoms with van der Waals surface area (Å²) < 4.78 is 5.89. The molecular formula is C12H15BrClNO2. The van der Waals surface area contributed by atoms with Crippen molar-refractivity contribution in [2.24, 2.45) is 0 Å². The Morgan fingerprint density at radius 1 is 1.53 bits per heavy atom. The van der Waals surface area contributed by atoms with Gasteiger partial charge in [-0.25, -0.2) is 0 Å². The third-order valence-electron chi connectivity index (χ3n) is 2.11. The van der Waals surface area contributed by atoms with Crippen molar-refractivity contribution in [3.05, 3.63) is 27.7 Å². The Balaban J connectivity index is 2.39. The smallest absolute Gasteiger partial charge is 0.325 e. The predicted molar refractivity (Wildman–Crippen MR) is 73.5 cm³/mol. The molecule has 0 amide bonds. The molecular weight excluding hydrogens is 305 g/mol. The monoisotopic (exact) mass is 319 g/mol. The molecule has 3 nitrogen and oxygen atoms in total. The summed E-state index contributed by atoms with van der Waals surface area (Å²) in [6.07, 6.45) is 1.91. The molecule has 1 aromatic rings. The lowest BCUT2D eigenvalue weighted by atomic mass is 10.3. The highest BCUT2D eigenvalue weighted by atomic mass is 79.9. The first-order valence-electron chi connectivity index (χ1n) is 5.48.